The Labute approximate surface area is 219 Å². The van der Waals surface area contributed by atoms with Crippen LogP contribution in [0.4, 0.5) is 0 Å². The molecule has 37 heavy (non-hydrogen) atoms. The van der Waals surface area contributed by atoms with Crippen molar-refractivity contribution in [1.29, 1.82) is 0 Å². The summed E-state index contributed by atoms with van der Waals surface area (Å²) >= 11 is 3.95. The summed E-state index contributed by atoms with van der Waals surface area (Å²) in [7, 11) is 0. The fourth-order valence-electron chi connectivity index (χ4n) is 3.35. The van der Waals surface area contributed by atoms with Crippen LogP contribution < -0.4 is 21.7 Å². The molecule has 0 fully saturated rings. The van der Waals surface area contributed by atoms with E-state index in [2.05, 4.69) is 28.6 Å². The molecule has 11 nitrogen and oxygen atoms in total. The van der Waals surface area contributed by atoms with E-state index in [1.54, 1.807) is 42.5 Å². The molecule has 0 saturated heterocycles. The van der Waals surface area contributed by atoms with Gasteiger partial charge in [-0.1, -0.05) is 42.5 Å². The number of carbonyl (C=O) groups is 4. The lowest BCUT2D eigenvalue weighted by atomic mass is 10.0. The number of nitrogens with one attached hydrogen (secondary N) is 3. The average molecular weight is 533 g/mol. The molecule has 0 saturated carbocycles. The molecule has 0 bridgehead atoms. The summed E-state index contributed by atoms with van der Waals surface area (Å²) in [5.41, 5.74) is 7.02. The van der Waals surface area contributed by atoms with E-state index in [4.69, 9.17) is 5.73 Å². The second-order valence-electron chi connectivity index (χ2n) is 8.53. The number of aliphatic carboxylic acids is 1. The SMILES string of the molecule is CC(O)C(N)C(=O)NC(Cc1ccccc1)C(=O)NC(Cc1ccc(O)cc1)C(=O)NC(CS)C(=O)O. The van der Waals surface area contributed by atoms with Crippen molar-refractivity contribution in [3.8, 4) is 5.75 Å². The molecule has 0 heterocycles. The monoisotopic (exact) mass is 532 g/mol. The van der Waals surface area contributed by atoms with E-state index in [9.17, 15) is 34.5 Å². The van der Waals surface area contributed by atoms with Crippen LogP contribution in [0, 0.1) is 0 Å². The molecular weight excluding hydrogens is 500 g/mol. The van der Waals surface area contributed by atoms with Gasteiger partial charge >= 0.3 is 5.97 Å². The van der Waals surface area contributed by atoms with E-state index in [-0.39, 0.29) is 24.3 Å². The topological polar surface area (TPSA) is 191 Å². The van der Waals surface area contributed by atoms with Crippen molar-refractivity contribution in [3.05, 3.63) is 65.7 Å². The molecule has 2 aromatic carbocycles. The van der Waals surface area contributed by atoms with E-state index in [0.29, 0.717) is 11.1 Å². The summed E-state index contributed by atoms with van der Waals surface area (Å²) in [5.74, 6) is -3.70. The normalized spacial score (nSPS) is 14.9. The number of hydrogen-bond donors (Lipinski definition) is 8. The first-order valence-electron chi connectivity index (χ1n) is 11.5. The van der Waals surface area contributed by atoms with Crippen LogP contribution in [0.1, 0.15) is 18.1 Å². The highest BCUT2D eigenvalue weighted by Gasteiger charge is 2.31. The molecule has 0 aliphatic heterocycles. The summed E-state index contributed by atoms with van der Waals surface area (Å²) in [6, 6.07) is 9.81. The molecule has 3 amide bonds. The lowest BCUT2D eigenvalue weighted by Crippen LogP contribution is -2.59. The number of carboxylic acid groups (broad SMARTS) is 1. The van der Waals surface area contributed by atoms with Crippen molar-refractivity contribution in [2.45, 2.75) is 50.0 Å². The first-order valence-corrected chi connectivity index (χ1v) is 12.1. The molecule has 0 spiro atoms. The predicted octanol–water partition coefficient (Wildman–Crippen LogP) is -0.646. The maximum atomic E-state index is 13.3. The second-order valence-corrected chi connectivity index (χ2v) is 8.90. The van der Waals surface area contributed by atoms with Crippen LogP contribution in [0.2, 0.25) is 0 Å². The predicted molar refractivity (Wildman–Crippen MR) is 139 cm³/mol. The van der Waals surface area contributed by atoms with E-state index in [0.717, 1.165) is 0 Å². The van der Waals surface area contributed by atoms with Gasteiger partial charge in [0.25, 0.3) is 0 Å². The molecule has 0 radical (unpaired) electrons. The van der Waals surface area contributed by atoms with Crippen molar-refractivity contribution in [2.24, 2.45) is 5.73 Å². The zero-order valence-corrected chi connectivity index (χ0v) is 21.1. The lowest BCUT2D eigenvalue weighted by Gasteiger charge is -2.25. The Balaban J connectivity index is 2.31. The number of aliphatic hydroxyl groups excluding tert-OH is 1. The van der Waals surface area contributed by atoms with Gasteiger partial charge in [-0.05, 0) is 30.2 Å². The van der Waals surface area contributed by atoms with Crippen LogP contribution in [0.25, 0.3) is 0 Å². The summed E-state index contributed by atoms with van der Waals surface area (Å²) in [6.07, 6.45) is -1.13. The first-order chi connectivity index (χ1) is 17.5. The standard InChI is InChI=1S/C25H32N4O7S/c1-14(30)21(26)24(34)28-19(11-15-5-3-2-4-6-15)22(32)27-18(12-16-7-9-17(31)10-8-16)23(33)29-20(13-37)25(35)36/h2-10,14,18-21,30-31,37H,11-13,26H2,1H3,(H,27,32)(H,28,34)(H,29,33)(H,35,36). The van der Waals surface area contributed by atoms with Gasteiger partial charge in [0, 0.05) is 18.6 Å². The van der Waals surface area contributed by atoms with Crippen molar-refractivity contribution < 1.29 is 34.5 Å². The van der Waals surface area contributed by atoms with Crippen LogP contribution in [0.15, 0.2) is 54.6 Å². The average Bonchev–Trinajstić information content (AvgIpc) is 2.87. The third-order valence-electron chi connectivity index (χ3n) is 5.54. The Morgan fingerprint density at radius 1 is 0.811 bits per heavy atom. The Bertz CT molecular complexity index is 1070. The smallest absolute Gasteiger partial charge is 0.327 e. The number of aromatic hydroxyl groups is 1. The summed E-state index contributed by atoms with van der Waals surface area (Å²) in [4.78, 5) is 50.3. The minimum Gasteiger partial charge on any atom is -0.508 e. The Kier molecular flexibility index (Phi) is 11.4. The molecule has 8 N–H and O–H groups in total. The minimum atomic E-state index is -1.29. The van der Waals surface area contributed by atoms with Crippen molar-refractivity contribution >= 4 is 36.3 Å². The van der Waals surface area contributed by atoms with E-state index < -0.39 is 54.0 Å². The molecule has 2 rings (SSSR count). The molecule has 0 aliphatic rings. The highest BCUT2D eigenvalue weighted by atomic mass is 32.1. The number of carbonyl (C=O) groups excluding carboxylic acids is 3. The largest absolute Gasteiger partial charge is 0.508 e. The van der Waals surface area contributed by atoms with Crippen LogP contribution in [-0.2, 0) is 32.0 Å². The number of hydrogen-bond acceptors (Lipinski definition) is 8. The highest BCUT2D eigenvalue weighted by molar-refractivity contribution is 7.80. The highest BCUT2D eigenvalue weighted by Crippen LogP contribution is 2.12. The van der Waals surface area contributed by atoms with E-state index >= 15 is 0 Å². The van der Waals surface area contributed by atoms with Crippen molar-refractivity contribution in [2.75, 3.05) is 5.75 Å². The molecule has 0 aromatic heterocycles. The minimum absolute atomic E-state index is 0.00916. The Hall–Kier alpha value is -3.61. The third kappa shape index (κ3) is 9.41. The Morgan fingerprint density at radius 2 is 1.27 bits per heavy atom. The molecule has 2 aromatic rings. The van der Waals surface area contributed by atoms with Crippen molar-refractivity contribution in [1.82, 2.24) is 16.0 Å². The number of aliphatic hydroxyl groups is 1. The molecular formula is C25H32N4O7S. The van der Waals surface area contributed by atoms with Crippen LogP contribution in [0.5, 0.6) is 5.75 Å². The number of thiol groups is 1. The first kappa shape index (κ1) is 29.6. The van der Waals surface area contributed by atoms with Gasteiger partial charge in [-0.2, -0.15) is 12.6 Å². The molecule has 12 heteroatoms. The van der Waals surface area contributed by atoms with Crippen molar-refractivity contribution in [3.63, 3.8) is 0 Å². The van der Waals surface area contributed by atoms with E-state index in [1.165, 1.54) is 19.1 Å². The number of phenols is 1. The summed E-state index contributed by atoms with van der Waals surface area (Å²) in [6.45, 7) is 1.34. The van der Waals surface area contributed by atoms with Crippen LogP contribution >= 0.6 is 12.6 Å². The quantitative estimate of drug-likeness (QED) is 0.156. The number of benzene rings is 2. The number of amides is 3. The van der Waals surface area contributed by atoms with Gasteiger partial charge in [-0.25, -0.2) is 4.79 Å². The van der Waals surface area contributed by atoms with Gasteiger partial charge in [0.2, 0.25) is 17.7 Å². The van der Waals surface area contributed by atoms with Crippen LogP contribution in [-0.4, -0.2) is 75.0 Å². The number of rotatable bonds is 13. The van der Waals surface area contributed by atoms with Gasteiger partial charge in [0.15, 0.2) is 0 Å². The zero-order valence-electron chi connectivity index (χ0n) is 20.2. The van der Waals surface area contributed by atoms with Gasteiger partial charge in [-0.15, -0.1) is 0 Å². The third-order valence-corrected chi connectivity index (χ3v) is 5.91. The van der Waals surface area contributed by atoms with Gasteiger partial charge in [0.1, 0.15) is 29.9 Å². The fourth-order valence-corrected chi connectivity index (χ4v) is 3.60. The maximum Gasteiger partial charge on any atom is 0.327 e. The fraction of sp³-hybridized carbons (Fsp3) is 0.360. The molecule has 200 valence electrons. The number of phenolic OH excluding ortho intramolecular Hbond substituents is 1. The number of nitrogens with two attached hydrogens (primary N) is 1. The number of carboxylic acids is 1. The van der Waals surface area contributed by atoms with Gasteiger partial charge in [-0.3, -0.25) is 14.4 Å². The Morgan fingerprint density at radius 3 is 1.73 bits per heavy atom. The summed E-state index contributed by atoms with van der Waals surface area (Å²) in [5, 5.41) is 36.0. The second kappa shape index (κ2) is 14.2. The zero-order chi connectivity index (χ0) is 27.5. The van der Waals surface area contributed by atoms with Gasteiger partial charge in [0.05, 0.1) is 6.10 Å². The maximum absolute atomic E-state index is 13.3. The molecule has 5 unspecified atom stereocenters. The van der Waals surface area contributed by atoms with Gasteiger partial charge < -0.3 is 37.0 Å². The lowest BCUT2D eigenvalue weighted by molar-refractivity contribution is -0.141. The van der Waals surface area contributed by atoms with Crippen LogP contribution in [0.3, 0.4) is 0 Å². The molecule has 5 atom stereocenters. The molecule has 0 aliphatic carbocycles. The summed E-state index contributed by atoms with van der Waals surface area (Å²) < 4.78 is 0. The van der Waals surface area contributed by atoms with E-state index in [1.807, 2.05) is 0 Å².